The van der Waals surface area contributed by atoms with Gasteiger partial charge in [0.15, 0.2) is 0 Å². The Morgan fingerprint density at radius 2 is 1.67 bits per heavy atom. The average molecular weight is 308 g/mol. The van der Waals surface area contributed by atoms with Crippen LogP contribution < -0.4 is 14.2 Å². The molecule has 114 valence electrons. The molecule has 0 radical (unpaired) electrons. The number of aryl methyl sites for hydroxylation is 1. The second kappa shape index (κ2) is 6.83. The zero-order valence-corrected chi connectivity index (χ0v) is 13.5. The second-order valence-electron chi connectivity index (χ2n) is 4.51. The van der Waals surface area contributed by atoms with Crippen molar-refractivity contribution in [1.29, 1.82) is 0 Å². The fourth-order valence-electron chi connectivity index (χ4n) is 2.18. The fraction of sp³-hybridized carbons (Fsp3) is 0.375. The highest BCUT2D eigenvalue weighted by Crippen LogP contribution is 2.42. The molecule has 0 amide bonds. The number of methoxy groups -OCH3 is 3. The third-order valence-electron chi connectivity index (χ3n) is 3.33. The van der Waals surface area contributed by atoms with Gasteiger partial charge >= 0.3 is 0 Å². The molecule has 1 aromatic carbocycles. The van der Waals surface area contributed by atoms with E-state index in [1.807, 2.05) is 12.1 Å². The molecule has 4 nitrogen and oxygen atoms in total. The van der Waals surface area contributed by atoms with Crippen molar-refractivity contribution in [2.24, 2.45) is 0 Å². The minimum Gasteiger partial charge on any atom is -0.496 e. The van der Waals surface area contributed by atoms with E-state index in [-0.39, 0.29) is 0 Å². The van der Waals surface area contributed by atoms with Crippen molar-refractivity contribution in [1.82, 2.24) is 0 Å². The zero-order chi connectivity index (χ0) is 15.4. The molecule has 0 aliphatic carbocycles. The molecule has 0 fully saturated rings. The molecule has 1 aromatic heterocycles. The molecule has 0 bridgehead atoms. The first-order chi connectivity index (χ1) is 10.1. The third kappa shape index (κ3) is 3.14. The Balaban J connectivity index is 2.50. The van der Waals surface area contributed by atoms with E-state index in [2.05, 4.69) is 6.92 Å². The van der Waals surface area contributed by atoms with Crippen LogP contribution in [0.2, 0.25) is 0 Å². The lowest BCUT2D eigenvalue weighted by Crippen LogP contribution is -2.04. The van der Waals surface area contributed by atoms with Crippen LogP contribution in [-0.2, 0) is 6.42 Å². The molecule has 0 saturated heterocycles. The van der Waals surface area contributed by atoms with Crippen LogP contribution in [0.25, 0.3) is 0 Å². The summed E-state index contributed by atoms with van der Waals surface area (Å²) >= 11 is 1.59. The van der Waals surface area contributed by atoms with Gasteiger partial charge in [-0.25, -0.2) is 0 Å². The Morgan fingerprint density at radius 3 is 2.10 bits per heavy atom. The van der Waals surface area contributed by atoms with E-state index in [1.54, 1.807) is 44.8 Å². The monoisotopic (exact) mass is 308 g/mol. The van der Waals surface area contributed by atoms with E-state index in [0.29, 0.717) is 22.8 Å². The number of hydrogen-bond donors (Lipinski definition) is 1. The van der Waals surface area contributed by atoms with Gasteiger partial charge in [0, 0.05) is 21.9 Å². The van der Waals surface area contributed by atoms with Gasteiger partial charge in [-0.2, -0.15) is 0 Å². The van der Waals surface area contributed by atoms with Gasteiger partial charge in [-0.05, 0) is 18.6 Å². The number of rotatable bonds is 6. The van der Waals surface area contributed by atoms with E-state index in [1.165, 1.54) is 4.88 Å². The molecule has 0 aliphatic rings. The van der Waals surface area contributed by atoms with Gasteiger partial charge in [0.1, 0.15) is 23.4 Å². The minimum atomic E-state index is -0.786. The normalized spacial score (nSPS) is 12.0. The van der Waals surface area contributed by atoms with Crippen molar-refractivity contribution < 1.29 is 19.3 Å². The molecule has 2 aromatic rings. The summed E-state index contributed by atoms with van der Waals surface area (Å²) in [5, 5.41) is 10.7. The molecule has 21 heavy (non-hydrogen) atoms. The van der Waals surface area contributed by atoms with Crippen molar-refractivity contribution in [3.05, 3.63) is 39.6 Å². The molecule has 1 heterocycles. The molecular formula is C16H20O4S. The molecule has 0 aliphatic heterocycles. The lowest BCUT2D eigenvalue weighted by molar-refractivity contribution is 0.212. The van der Waals surface area contributed by atoms with E-state index in [4.69, 9.17) is 14.2 Å². The first-order valence-corrected chi connectivity index (χ1v) is 7.52. The van der Waals surface area contributed by atoms with Crippen molar-refractivity contribution >= 4 is 11.3 Å². The van der Waals surface area contributed by atoms with Crippen molar-refractivity contribution in [2.75, 3.05) is 21.3 Å². The summed E-state index contributed by atoms with van der Waals surface area (Å²) < 4.78 is 16.0. The molecule has 0 spiro atoms. The SMILES string of the molecule is CCc1ccc(C(O)c2c(OC)cc(OC)cc2OC)s1. The Kier molecular flexibility index (Phi) is 5.09. The van der Waals surface area contributed by atoms with Crippen LogP contribution >= 0.6 is 11.3 Å². The quantitative estimate of drug-likeness (QED) is 0.888. The summed E-state index contributed by atoms with van der Waals surface area (Å²) in [7, 11) is 4.71. The number of ether oxygens (including phenoxy) is 3. The largest absolute Gasteiger partial charge is 0.496 e. The highest BCUT2D eigenvalue weighted by molar-refractivity contribution is 7.12. The standard InChI is InChI=1S/C16H20O4S/c1-5-11-6-7-14(21-11)16(17)15-12(19-3)8-10(18-2)9-13(15)20-4/h6-9,16-17H,5H2,1-4H3. The van der Waals surface area contributed by atoms with Gasteiger partial charge in [-0.3, -0.25) is 0 Å². The smallest absolute Gasteiger partial charge is 0.132 e. The van der Waals surface area contributed by atoms with E-state index < -0.39 is 6.10 Å². The zero-order valence-electron chi connectivity index (χ0n) is 12.7. The first kappa shape index (κ1) is 15.7. The maximum Gasteiger partial charge on any atom is 0.132 e. The first-order valence-electron chi connectivity index (χ1n) is 6.71. The summed E-state index contributed by atoms with van der Waals surface area (Å²) in [5.74, 6) is 1.72. The van der Waals surface area contributed by atoms with Crippen LogP contribution in [0.1, 0.15) is 28.3 Å². The maximum atomic E-state index is 10.7. The van der Waals surface area contributed by atoms with Gasteiger partial charge in [-0.15, -0.1) is 11.3 Å². The summed E-state index contributed by atoms with van der Waals surface area (Å²) in [5.41, 5.74) is 0.616. The molecule has 1 unspecified atom stereocenters. The summed E-state index contributed by atoms with van der Waals surface area (Å²) in [6.45, 7) is 2.09. The van der Waals surface area contributed by atoms with Gasteiger partial charge in [-0.1, -0.05) is 6.92 Å². The van der Waals surface area contributed by atoms with E-state index in [0.717, 1.165) is 11.3 Å². The highest BCUT2D eigenvalue weighted by atomic mass is 32.1. The van der Waals surface area contributed by atoms with Crippen LogP contribution in [0.5, 0.6) is 17.2 Å². The molecule has 5 heteroatoms. The molecule has 1 N–H and O–H groups in total. The lowest BCUT2D eigenvalue weighted by atomic mass is 10.0. The fourth-order valence-corrected chi connectivity index (χ4v) is 3.12. The van der Waals surface area contributed by atoms with Gasteiger partial charge in [0.25, 0.3) is 0 Å². The minimum absolute atomic E-state index is 0.546. The van der Waals surface area contributed by atoms with Crippen LogP contribution in [0.3, 0.4) is 0 Å². The highest BCUT2D eigenvalue weighted by Gasteiger charge is 2.23. The topological polar surface area (TPSA) is 47.9 Å². The van der Waals surface area contributed by atoms with Crippen molar-refractivity contribution in [3.63, 3.8) is 0 Å². The van der Waals surface area contributed by atoms with Crippen LogP contribution in [0.15, 0.2) is 24.3 Å². The summed E-state index contributed by atoms with van der Waals surface area (Å²) in [6, 6.07) is 7.47. The summed E-state index contributed by atoms with van der Waals surface area (Å²) in [6.07, 6.45) is 0.167. The predicted octanol–water partition coefficient (Wildman–Crippen LogP) is 3.42. The second-order valence-corrected chi connectivity index (χ2v) is 5.71. The van der Waals surface area contributed by atoms with Gasteiger partial charge < -0.3 is 19.3 Å². The third-order valence-corrected chi connectivity index (χ3v) is 4.61. The van der Waals surface area contributed by atoms with Crippen molar-refractivity contribution in [2.45, 2.75) is 19.4 Å². The van der Waals surface area contributed by atoms with E-state index in [9.17, 15) is 5.11 Å². The Bertz CT molecular complexity index is 581. The Hall–Kier alpha value is -1.72. The molecule has 0 saturated carbocycles. The number of hydrogen-bond acceptors (Lipinski definition) is 5. The number of aliphatic hydroxyl groups is 1. The van der Waals surface area contributed by atoms with Crippen LogP contribution in [-0.4, -0.2) is 26.4 Å². The Morgan fingerprint density at radius 1 is 1.05 bits per heavy atom. The van der Waals surface area contributed by atoms with Gasteiger partial charge in [0.2, 0.25) is 0 Å². The lowest BCUT2D eigenvalue weighted by Gasteiger charge is -2.18. The number of aliphatic hydroxyl groups excluding tert-OH is 1. The van der Waals surface area contributed by atoms with E-state index >= 15 is 0 Å². The predicted molar refractivity (Wildman–Crippen MR) is 83.9 cm³/mol. The average Bonchev–Trinajstić information content (AvgIpc) is 3.01. The molecule has 1 atom stereocenters. The number of benzene rings is 1. The maximum absolute atomic E-state index is 10.7. The van der Waals surface area contributed by atoms with Crippen LogP contribution in [0, 0.1) is 0 Å². The number of thiophene rings is 1. The molecule has 2 rings (SSSR count). The molecular weight excluding hydrogens is 288 g/mol. The summed E-state index contributed by atoms with van der Waals surface area (Å²) in [4.78, 5) is 2.10. The van der Waals surface area contributed by atoms with Crippen LogP contribution in [0.4, 0.5) is 0 Å². The van der Waals surface area contributed by atoms with Gasteiger partial charge in [0.05, 0.1) is 26.9 Å². The Labute approximate surface area is 128 Å². The van der Waals surface area contributed by atoms with Crippen molar-refractivity contribution in [3.8, 4) is 17.2 Å².